The minimum absolute atomic E-state index is 0.00485. The molecule has 26 heavy (non-hydrogen) atoms. The predicted molar refractivity (Wildman–Crippen MR) is 103 cm³/mol. The average Bonchev–Trinajstić information content (AvgIpc) is 2.72. The fraction of sp³-hybridized carbons (Fsp3) is 0.273. The van der Waals surface area contributed by atoms with Crippen molar-refractivity contribution in [1.29, 1.82) is 0 Å². The maximum atomic E-state index is 12.4. The fourth-order valence-electron chi connectivity index (χ4n) is 3.07. The fourth-order valence-corrected chi connectivity index (χ4v) is 3.07. The lowest BCUT2D eigenvalue weighted by molar-refractivity contribution is -0.137. The lowest BCUT2D eigenvalue weighted by atomic mass is 10.1. The van der Waals surface area contributed by atoms with Gasteiger partial charge < -0.3 is 9.80 Å². The van der Waals surface area contributed by atoms with Gasteiger partial charge in [-0.2, -0.15) is 0 Å². The Kier molecular flexibility index (Phi) is 6.20. The van der Waals surface area contributed by atoms with E-state index >= 15 is 0 Å². The maximum absolute atomic E-state index is 12.4. The number of amides is 2. The van der Waals surface area contributed by atoms with Gasteiger partial charge in [0.1, 0.15) is 0 Å². The number of nitrogens with zero attached hydrogens (tertiary/aromatic N) is 2. The van der Waals surface area contributed by atoms with Crippen molar-refractivity contribution in [2.24, 2.45) is 0 Å². The van der Waals surface area contributed by atoms with E-state index in [-0.39, 0.29) is 11.8 Å². The molecular weight excluding hydrogens is 324 g/mol. The van der Waals surface area contributed by atoms with Crippen molar-refractivity contribution >= 4 is 17.9 Å². The topological polar surface area (TPSA) is 40.6 Å². The van der Waals surface area contributed by atoms with Gasteiger partial charge in [-0.3, -0.25) is 9.59 Å². The summed E-state index contributed by atoms with van der Waals surface area (Å²) in [5, 5.41) is 0. The molecule has 0 radical (unpaired) electrons. The van der Waals surface area contributed by atoms with E-state index in [1.54, 1.807) is 11.0 Å². The third-order valence-electron chi connectivity index (χ3n) is 4.63. The molecule has 0 unspecified atom stereocenters. The van der Waals surface area contributed by atoms with Crippen LogP contribution in [0.4, 0.5) is 0 Å². The lowest BCUT2D eigenvalue weighted by Crippen LogP contribution is -2.50. The molecule has 1 fully saturated rings. The molecular formula is C22H24N2O2. The van der Waals surface area contributed by atoms with Crippen molar-refractivity contribution in [3.05, 3.63) is 77.9 Å². The van der Waals surface area contributed by atoms with Crippen LogP contribution < -0.4 is 0 Å². The molecule has 0 atom stereocenters. The van der Waals surface area contributed by atoms with E-state index in [9.17, 15) is 9.59 Å². The quantitative estimate of drug-likeness (QED) is 0.780. The number of rotatable bonds is 5. The van der Waals surface area contributed by atoms with Crippen LogP contribution >= 0.6 is 0 Å². The highest BCUT2D eigenvalue weighted by atomic mass is 16.2. The number of aryl methyl sites for hydroxylation is 1. The summed E-state index contributed by atoms with van der Waals surface area (Å²) in [6, 6.07) is 19.8. The first kappa shape index (κ1) is 17.9. The van der Waals surface area contributed by atoms with Gasteiger partial charge in [0, 0.05) is 38.7 Å². The Hall–Kier alpha value is -2.88. The van der Waals surface area contributed by atoms with E-state index in [4.69, 9.17) is 0 Å². The Morgan fingerprint density at radius 1 is 0.808 bits per heavy atom. The number of benzene rings is 2. The highest BCUT2D eigenvalue weighted by Crippen LogP contribution is 2.09. The number of carbonyl (C=O) groups excluding carboxylic acids is 2. The monoisotopic (exact) mass is 348 g/mol. The first-order chi connectivity index (χ1) is 12.7. The molecule has 1 aliphatic heterocycles. The van der Waals surface area contributed by atoms with Gasteiger partial charge in [0.05, 0.1) is 0 Å². The van der Waals surface area contributed by atoms with Gasteiger partial charge in [0.2, 0.25) is 11.8 Å². The second kappa shape index (κ2) is 8.99. The van der Waals surface area contributed by atoms with E-state index in [1.807, 2.05) is 71.6 Å². The number of hydrogen-bond acceptors (Lipinski definition) is 2. The van der Waals surface area contributed by atoms with Gasteiger partial charge in [-0.25, -0.2) is 0 Å². The zero-order valence-electron chi connectivity index (χ0n) is 14.9. The molecule has 134 valence electrons. The standard InChI is InChI=1S/C22H24N2O2/c25-21(13-11-19-7-3-1-4-8-19)23-15-17-24(18-16-23)22(26)14-12-20-9-5-2-6-10-20/h1-11,13H,12,14-18H2/b13-11+. The van der Waals surface area contributed by atoms with E-state index in [2.05, 4.69) is 0 Å². The van der Waals surface area contributed by atoms with Gasteiger partial charge in [-0.1, -0.05) is 60.7 Å². The van der Waals surface area contributed by atoms with E-state index in [1.165, 1.54) is 5.56 Å². The minimum atomic E-state index is 0.00485. The van der Waals surface area contributed by atoms with Crippen molar-refractivity contribution < 1.29 is 9.59 Å². The Morgan fingerprint density at radius 2 is 1.38 bits per heavy atom. The molecule has 1 heterocycles. The third kappa shape index (κ3) is 5.06. The smallest absolute Gasteiger partial charge is 0.246 e. The molecule has 2 aromatic carbocycles. The highest BCUT2D eigenvalue weighted by Gasteiger charge is 2.22. The van der Waals surface area contributed by atoms with E-state index < -0.39 is 0 Å². The van der Waals surface area contributed by atoms with Gasteiger partial charge in [0.15, 0.2) is 0 Å². The van der Waals surface area contributed by atoms with Crippen molar-refractivity contribution in [3.63, 3.8) is 0 Å². The molecule has 1 saturated heterocycles. The van der Waals surface area contributed by atoms with E-state index in [0.29, 0.717) is 32.6 Å². The molecule has 1 aliphatic rings. The Balaban J connectivity index is 1.44. The zero-order chi connectivity index (χ0) is 18.2. The van der Waals surface area contributed by atoms with Crippen molar-refractivity contribution in [3.8, 4) is 0 Å². The van der Waals surface area contributed by atoms with Crippen LogP contribution in [0.5, 0.6) is 0 Å². The number of hydrogen-bond donors (Lipinski definition) is 0. The lowest BCUT2D eigenvalue weighted by Gasteiger charge is -2.34. The summed E-state index contributed by atoms with van der Waals surface area (Å²) >= 11 is 0. The van der Waals surface area contributed by atoms with Gasteiger partial charge in [-0.15, -0.1) is 0 Å². The second-order valence-corrected chi connectivity index (χ2v) is 6.44. The van der Waals surface area contributed by atoms with Crippen LogP contribution in [0.25, 0.3) is 6.08 Å². The molecule has 0 saturated carbocycles. The van der Waals surface area contributed by atoms with Gasteiger partial charge in [-0.05, 0) is 23.6 Å². The molecule has 3 rings (SSSR count). The van der Waals surface area contributed by atoms with E-state index in [0.717, 1.165) is 12.0 Å². The highest BCUT2D eigenvalue weighted by molar-refractivity contribution is 5.92. The molecule has 0 aliphatic carbocycles. The van der Waals surface area contributed by atoms with Crippen molar-refractivity contribution in [2.45, 2.75) is 12.8 Å². The van der Waals surface area contributed by atoms with Crippen LogP contribution in [-0.2, 0) is 16.0 Å². The van der Waals surface area contributed by atoms with Crippen molar-refractivity contribution in [2.75, 3.05) is 26.2 Å². The Morgan fingerprint density at radius 3 is 2.04 bits per heavy atom. The predicted octanol–water partition coefficient (Wildman–Crippen LogP) is 3.00. The normalized spacial score (nSPS) is 14.6. The first-order valence-electron chi connectivity index (χ1n) is 9.06. The molecule has 0 aromatic heterocycles. The van der Waals surface area contributed by atoms with Gasteiger partial charge in [0.25, 0.3) is 0 Å². The molecule has 2 aromatic rings. The Labute approximate surface area is 154 Å². The van der Waals surface area contributed by atoms with Crippen LogP contribution in [0.2, 0.25) is 0 Å². The summed E-state index contributed by atoms with van der Waals surface area (Å²) in [7, 11) is 0. The summed E-state index contributed by atoms with van der Waals surface area (Å²) in [5.41, 5.74) is 2.19. The van der Waals surface area contributed by atoms with Gasteiger partial charge >= 0.3 is 0 Å². The number of piperazine rings is 1. The number of carbonyl (C=O) groups is 2. The second-order valence-electron chi connectivity index (χ2n) is 6.44. The molecule has 0 N–H and O–H groups in total. The molecule has 4 heteroatoms. The van der Waals surface area contributed by atoms with Crippen LogP contribution in [-0.4, -0.2) is 47.8 Å². The summed E-state index contributed by atoms with van der Waals surface area (Å²) in [5.74, 6) is 0.172. The minimum Gasteiger partial charge on any atom is -0.339 e. The van der Waals surface area contributed by atoms with Crippen molar-refractivity contribution in [1.82, 2.24) is 9.80 Å². The average molecular weight is 348 g/mol. The largest absolute Gasteiger partial charge is 0.339 e. The summed E-state index contributed by atoms with van der Waals surface area (Å²) in [6.07, 6.45) is 4.73. The summed E-state index contributed by atoms with van der Waals surface area (Å²) in [6.45, 7) is 2.40. The summed E-state index contributed by atoms with van der Waals surface area (Å²) in [4.78, 5) is 28.3. The SMILES string of the molecule is O=C(/C=C/c1ccccc1)N1CCN(C(=O)CCc2ccccc2)CC1. The van der Waals surface area contributed by atoms with Crippen LogP contribution in [0.15, 0.2) is 66.7 Å². The molecule has 0 spiro atoms. The summed E-state index contributed by atoms with van der Waals surface area (Å²) < 4.78 is 0. The van der Waals surface area contributed by atoms with Crippen LogP contribution in [0, 0.1) is 0 Å². The molecule has 4 nitrogen and oxygen atoms in total. The first-order valence-corrected chi connectivity index (χ1v) is 9.06. The maximum Gasteiger partial charge on any atom is 0.246 e. The molecule has 0 bridgehead atoms. The van der Waals surface area contributed by atoms with Crippen LogP contribution in [0.1, 0.15) is 17.5 Å². The zero-order valence-corrected chi connectivity index (χ0v) is 14.9. The Bertz CT molecular complexity index is 748. The van der Waals surface area contributed by atoms with Crippen LogP contribution in [0.3, 0.4) is 0 Å². The molecule has 2 amide bonds. The third-order valence-corrected chi connectivity index (χ3v) is 4.63.